The van der Waals surface area contributed by atoms with Crippen LogP contribution in [0.3, 0.4) is 0 Å². The lowest BCUT2D eigenvalue weighted by Gasteiger charge is -2.34. The van der Waals surface area contributed by atoms with Crippen LogP contribution in [-0.4, -0.2) is 127 Å². The molecule has 85 heavy (non-hydrogen) atoms. The highest BCUT2D eigenvalue weighted by molar-refractivity contribution is 7.90. The molecule has 446 valence electrons. The van der Waals surface area contributed by atoms with Gasteiger partial charge in [0.05, 0.1) is 29.0 Å². The van der Waals surface area contributed by atoms with Crippen molar-refractivity contribution in [1.29, 1.82) is 0 Å². The molecule has 2 unspecified atom stereocenters. The average Bonchev–Trinajstić information content (AvgIpc) is 2.62. The number of aromatic nitrogens is 2. The number of nitrogens with zero attached hydrogens (tertiary/aromatic N) is 4. The molecule has 6 aromatic rings. The van der Waals surface area contributed by atoms with Gasteiger partial charge in [0, 0.05) is 105 Å². The number of H-pyrrole nitrogens is 1. The number of allylic oxidation sites excluding steroid dienone is 1. The number of aromatic amines is 1. The van der Waals surface area contributed by atoms with Gasteiger partial charge in [-0.25, -0.2) is 18.1 Å². The Morgan fingerprint density at radius 3 is 2.62 bits per heavy atom. The molecule has 2 atom stereocenters. The molecule has 0 saturated carbocycles. The summed E-state index contributed by atoms with van der Waals surface area (Å²) in [5, 5.41) is 34.6. The molecule has 20 nitrogen and oxygen atoms in total. The summed E-state index contributed by atoms with van der Waals surface area (Å²) in [7, 11) is -4.58. The van der Waals surface area contributed by atoms with Crippen molar-refractivity contribution in [3.8, 4) is 23.3 Å². The molecule has 4 aliphatic rings. The summed E-state index contributed by atoms with van der Waals surface area (Å²) in [6.45, 7) is 10.8. The number of fused-ring (bicyclic) bond motifs is 2. The molecule has 1 aliphatic carbocycles. The Hall–Kier alpha value is -7.81. The van der Waals surface area contributed by atoms with Gasteiger partial charge < -0.3 is 40.2 Å². The Morgan fingerprint density at radius 2 is 1.80 bits per heavy atom. The van der Waals surface area contributed by atoms with Crippen molar-refractivity contribution in [1.82, 2.24) is 35.1 Å². The molecule has 0 bridgehead atoms. The summed E-state index contributed by atoms with van der Waals surface area (Å²) >= 11 is 6.22. The maximum absolute atomic E-state index is 14.0. The van der Waals surface area contributed by atoms with Crippen molar-refractivity contribution in [2.75, 3.05) is 74.9 Å². The highest BCUT2D eigenvalue weighted by atomic mass is 35.5. The van der Waals surface area contributed by atoms with Crippen LogP contribution in [-0.2, 0) is 30.9 Å². The monoisotopic (exact) mass is 1190 g/mol. The summed E-state index contributed by atoms with van der Waals surface area (Å²) in [6.07, 6.45) is 10.1. The summed E-state index contributed by atoms with van der Waals surface area (Å²) < 4.78 is 42.2. The van der Waals surface area contributed by atoms with Crippen molar-refractivity contribution in [3.63, 3.8) is 0 Å². The van der Waals surface area contributed by atoms with E-state index >= 15 is 0 Å². The number of halogens is 1. The molecule has 2 saturated heterocycles. The lowest BCUT2D eigenvalue weighted by Crippen LogP contribution is -2.52. The number of nitrogens with one attached hydrogen (secondary N) is 6. The Labute approximate surface area is 499 Å². The number of ether oxygens (including phenoxy) is 2. The third-order valence-electron chi connectivity index (χ3n) is 16.0. The maximum atomic E-state index is 14.0. The van der Waals surface area contributed by atoms with Crippen LogP contribution in [0.15, 0.2) is 114 Å². The molecule has 8 N–H and O–H groups in total. The van der Waals surface area contributed by atoms with E-state index in [4.69, 9.17) is 21.1 Å². The van der Waals surface area contributed by atoms with Crippen LogP contribution in [0, 0.1) is 23.2 Å². The van der Waals surface area contributed by atoms with E-state index in [1.807, 2.05) is 30.3 Å². The summed E-state index contributed by atoms with van der Waals surface area (Å²) in [5.41, 5.74) is 7.51. The molecule has 4 amide bonds. The van der Waals surface area contributed by atoms with Gasteiger partial charge in [-0.05, 0) is 152 Å². The van der Waals surface area contributed by atoms with Gasteiger partial charge in [0.15, 0.2) is 0 Å². The van der Waals surface area contributed by atoms with Gasteiger partial charge >= 0.3 is 0 Å². The number of amides is 4. The minimum Gasteiger partial charge on any atom is -0.455 e. The molecule has 0 radical (unpaired) electrons. The average molecular weight is 1200 g/mol. The second-order valence-electron chi connectivity index (χ2n) is 22.8. The molecule has 22 heteroatoms. The normalized spacial score (nSPS) is 17.9. The first-order chi connectivity index (χ1) is 40.9. The van der Waals surface area contributed by atoms with Crippen LogP contribution in [0.4, 0.5) is 17.1 Å². The summed E-state index contributed by atoms with van der Waals surface area (Å²) in [6, 6.07) is 25.0. The highest BCUT2D eigenvalue weighted by Crippen LogP contribution is 2.43. The van der Waals surface area contributed by atoms with E-state index in [1.165, 1.54) is 46.0 Å². The highest BCUT2D eigenvalue weighted by Gasteiger charge is 2.39. The molecule has 5 heterocycles. The van der Waals surface area contributed by atoms with Crippen molar-refractivity contribution < 1.29 is 47.5 Å². The van der Waals surface area contributed by atoms with Gasteiger partial charge in [0.1, 0.15) is 28.9 Å². The quantitative estimate of drug-likeness (QED) is 0.0129. The Morgan fingerprint density at radius 1 is 0.953 bits per heavy atom. The number of hydrogen-bond donors (Lipinski definition) is 8. The number of imide groups is 1. The fourth-order valence-electron chi connectivity index (χ4n) is 11.4. The minimum atomic E-state index is -4.58. The van der Waals surface area contributed by atoms with Crippen LogP contribution in [0.1, 0.15) is 109 Å². The molecule has 4 aromatic carbocycles. The number of sulfonamides is 1. The van der Waals surface area contributed by atoms with Crippen LogP contribution >= 0.6 is 11.6 Å². The lowest BCUT2D eigenvalue weighted by molar-refractivity contribution is -0.136. The first-order valence-corrected chi connectivity index (χ1v) is 30.7. The van der Waals surface area contributed by atoms with Crippen LogP contribution in [0.2, 0.25) is 5.02 Å². The van der Waals surface area contributed by atoms with E-state index in [1.54, 1.807) is 30.5 Å². The van der Waals surface area contributed by atoms with Crippen LogP contribution in [0.25, 0.3) is 16.6 Å². The number of pyridine rings is 1. The van der Waals surface area contributed by atoms with Gasteiger partial charge in [-0.3, -0.25) is 34.9 Å². The second kappa shape index (κ2) is 27.1. The number of benzene rings is 4. The molecule has 0 spiro atoms. The number of carbonyl (C=O) groups excluding carboxylic acids is 4. The zero-order valence-corrected chi connectivity index (χ0v) is 49.2. The number of rotatable bonds is 23. The molecule has 2 aromatic heterocycles. The molecular formula is C63H71ClN10O10S. The Kier molecular flexibility index (Phi) is 19.2. The van der Waals surface area contributed by atoms with E-state index in [0.717, 1.165) is 87.3 Å². The number of carbonyl (C=O) groups is 4. The van der Waals surface area contributed by atoms with Crippen LogP contribution in [0.5, 0.6) is 11.5 Å². The summed E-state index contributed by atoms with van der Waals surface area (Å²) in [5.74, 6) is 5.01. The number of anilines is 3. The van der Waals surface area contributed by atoms with E-state index < -0.39 is 27.9 Å². The molecule has 10 rings (SSSR count). The topological polar surface area (TPSA) is 260 Å². The number of hydrogen-bond acceptors (Lipinski definition) is 16. The predicted octanol–water partition coefficient (Wildman–Crippen LogP) is 9.11. The third kappa shape index (κ3) is 15.4. The first kappa shape index (κ1) is 60.3. The van der Waals surface area contributed by atoms with Crippen molar-refractivity contribution in [2.24, 2.45) is 11.3 Å². The van der Waals surface area contributed by atoms with E-state index in [0.29, 0.717) is 79.9 Å². The van der Waals surface area contributed by atoms with Gasteiger partial charge in [-0.2, -0.15) is 0 Å². The summed E-state index contributed by atoms with van der Waals surface area (Å²) in [4.78, 5) is 62.0. The number of unbranched alkanes of at least 4 members (excludes halogenated alkanes) is 1. The van der Waals surface area contributed by atoms with E-state index in [2.05, 4.69) is 78.7 Å². The van der Waals surface area contributed by atoms with Gasteiger partial charge in [0.25, 0.3) is 21.8 Å². The largest absolute Gasteiger partial charge is 0.455 e. The van der Waals surface area contributed by atoms with Gasteiger partial charge in [-0.1, -0.05) is 55.0 Å². The fourth-order valence-corrected chi connectivity index (χ4v) is 12.5. The standard InChI is InChI=1S/C63H71ClN10O10S/c1-63(2)23-21-45(53(35-63)43-10-12-47(64)13-11-43)37-65-25-26-66-48-14-17-52(57(33-48)84-49-32-44-22-24-67-59(44)69-38-49)60(76)71-85(81,82)50-15-18-54(56(34-50)74(79)80)68-36-42-8-6-27-72(39-42)28-30-83-29-5-3-4-7-41-9-16-51-46(31-41)40-73(62(51)78)55-19-20-58(75)70-61(55)77/h9-18,22,24,31-34,38,42,55,65-66,68,79-80H,3,5-6,8,19-21,23,25-30,35-37,39-40H2,1-2H3,(H,67,69)(H,71,76)(H,70,75,77). The van der Waals surface area contributed by atoms with Crippen molar-refractivity contribution >= 4 is 78.9 Å². The molecule has 2 fully saturated rings. The zero-order chi connectivity index (χ0) is 59.7. The van der Waals surface area contributed by atoms with Crippen molar-refractivity contribution in [3.05, 3.63) is 142 Å². The van der Waals surface area contributed by atoms with Gasteiger partial charge in [-0.15, -0.1) is 5.23 Å². The fraction of sp³-hybridized carbons (Fsp3) is 0.381. The minimum absolute atomic E-state index is 0.0692. The molecule has 3 aliphatic heterocycles. The Bertz CT molecular complexity index is 3670. The van der Waals surface area contributed by atoms with Crippen LogP contribution < -0.4 is 36.0 Å². The second-order valence-corrected chi connectivity index (χ2v) is 24.9. The third-order valence-corrected chi connectivity index (χ3v) is 17.6. The number of piperidine rings is 2. The smallest absolute Gasteiger partial charge is 0.268 e. The zero-order valence-electron chi connectivity index (χ0n) is 47.6. The Balaban J connectivity index is 0.695. The van der Waals surface area contributed by atoms with E-state index in [9.17, 15) is 38.0 Å². The maximum Gasteiger partial charge on any atom is 0.268 e. The lowest BCUT2D eigenvalue weighted by atomic mass is 9.72. The van der Waals surface area contributed by atoms with E-state index in [-0.39, 0.29) is 62.4 Å². The number of likely N-dealkylation sites (tertiary alicyclic amines) is 1. The molecular weight excluding hydrogens is 1120 g/mol. The van der Waals surface area contributed by atoms with Crippen molar-refractivity contribution in [2.45, 2.75) is 89.1 Å². The SMILES string of the molecule is CC1(C)CCC(CNCCNc2ccc(C(=O)NS(=O)(=O)c3ccc(NCC4CCCN(CCOCCCC#Cc5ccc6c(c5)CN(C5CCC(=O)NC5=O)C6=O)C4)c(N(O)O)c3)c(Oc3cnc4[nH]ccc4c3)c2)=C(c2ccc(Cl)cc2)C1. The first-order valence-electron chi connectivity index (χ1n) is 28.8. The van der Waals surface area contributed by atoms with Gasteiger partial charge in [0.2, 0.25) is 11.8 Å². The predicted molar refractivity (Wildman–Crippen MR) is 324 cm³/mol.